The lowest BCUT2D eigenvalue weighted by atomic mass is 9.80. The van der Waals surface area contributed by atoms with Gasteiger partial charge in [0.2, 0.25) is 0 Å². The van der Waals surface area contributed by atoms with Gasteiger partial charge in [-0.25, -0.2) is 5.48 Å². The number of hydrogen-bond acceptors (Lipinski definition) is 5. The molecule has 1 aliphatic rings. The van der Waals surface area contributed by atoms with Gasteiger partial charge >= 0.3 is 0 Å². The van der Waals surface area contributed by atoms with Crippen LogP contribution in [0.1, 0.15) is 44.4 Å². The largest absolute Gasteiger partial charge is 0.384 e. The third-order valence-corrected chi connectivity index (χ3v) is 6.22. The normalized spacial score (nSPS) is 14.5. The van der Waals surface area contributed by atoms with E-state index < -0.39 is 5.91 Å². The number of aromatic nitrogens is 4. The van der Waals surface area contributed by atoms with Gasteiger partial charge in [0, 0.05) is 53.9 Å². The van der Waals surface area contributed by atoms with E-state index in [1.807, 2.05) is 29.1 Å². The molecule has 1 unspecified atom stereocenters. The molecular formula is C25H25N5O3. The summed E-state index contributed by atoms with van der Waals surface area (Å²) in [5.41, 5.74) is 9.78. The molecule has 33 heavy (non-hydrogen) atoms. The van der Waals surface area contributed by atoms with Gasteiger partial charge in [-0.3, -0.25) is 19.8 Å². The van der Waals surface area contributed by atoms with E-state index in [0.717, 1.165) is 41.1 Å². The number of aromatic amines is 1. The third-order valence-electron chi connectivity index (χ3n) is 6.22. The zero-order valence-electron chi connectivity index (χ0n) is 18.3. The van der Waals surface area contributed by atoms with Crippen LogP contribution in [0.5, 0.6) is 0 Å². The van der Waals surface area contributed by atoms with Gasteiger partial charge in [0.05, 0.1) is 25.0 Å². The highest BCUT2D eigenvalue weighted by atomic mass is 16.5. The summed E-state index contributed by atoms with van der Waals surface area (Å²) in [5, 5.41) is 21.3. The quantitative estimate of drug-likeness (QED) is 0.300. The minimum atomic E-state index is -0.532. The molecule has 0 aliphatic heterocycles. The van der Waals surface area contributed by atoms with Crippen LogP contribution in [-0.2, 0) is 24.1 Å². The van der Waals surface area contributed by atoms with E-state index >= 15 is 0 Å². The summed E-state index contributed by atoms with van der Waals surface area (Å²) < 4.78 is 7.48. The number of rotatable bonds is 7. The first kappa shape index (κ1) is 21.1. The number of nitrogens with zero attached hydrogens (tertiary/aromatic N) is 3. The third kappa shape index (κ3) is 3.94. The molecule has 2 aromatic carbocycles. The van der Waals surface area contributed by atoms with Crippen molar-refractivity contribution in [3.8, 4) is 11.3 Å². The summed E-state index contributed by atoms with van der Waals surface area (Å²) >= 11 is 0. The standard InChI is InChI=1S/C25H25N5O3/c1-33-12-11-22-23-19(17-5-3-2-4-6-17)13-21-20(14-26-27-21)24(23)28-30(22)15-16-7-9-18(10-8-16)25(31)29-32/h2-10,14,19,32H,11-13,15H2,1H3,(H,26,27)(H,29,31). The molecule has 8 heteroatoms. The van der Waals surface area contributed by atoms with Gasteiger partial charge in [0.1, 0.15) is 0 Å². The van der Waals surface area contributed by atoms with Crippen molar-refractivity contribution in [2.24, 2.45) is 0 Å². The van der Waals surface area contributed by atoms with E-state index in [1.165, 1.54) is 11.1 Å². The Kier molecular flexibility index (Phi) is 5.77. The van der Waals surface area contributed by atoms with E-state index in [-0.39, 0.29) is 5.92 Å². The lowest BCUT2D eigenvalue weighted by molar-refractivity contribution is 0.0706. The minimum Gasteiger partial charge on any atom is -0.384 e. The van der Waals surface area contributed by atoms with Crippen LogP contribution >= 0.6 is 0 Å². The second-order valence-corrected chi connectivity index (χ2v) is 8.18. The van der Waals surface area contributed by atoms with Crippen LogP contribution in [0, 0.1) is 0 Å². The van der Waals surface area contributed by atoms with Gasteiger partial charge in [-0.2, -0.15) is 10.2 Å². The SMILES string of the molecule is COCCc1c2c(nn1Cc1ccc(C(=O)NO)cc1)-c1cn[nH]c1CC2c1ccccc1. The number of amides is 1. The number of ether oxygens (including phenoxy) is 1. The Morgan fingerprint density at radius 2 is 2.00 bits per heavy atom. The van der Waals surface area contributed by atoms with E-state index in [0.29, 0.717) is 18.7 Å². The number of H-pyrrole nitrogens is 1. The van der Waals surface area contributed by atoms with Gasteiger partial charge < -0.3 is 4.74 Å². The molecule has 1 aliphatic carbocycles. The highest BCUT2D eigenvalue weighted by Crippen LogP contribution is 2.43. The zero-order chi connectivity index (χ0) is 22.8. The first-order valence-corrected chi connectivity index (χ1v) is 10.9. The van der Waals surface area contributed by atoms with Crippen molar-refractivity contribution < 1.29 is 14.7 Å². The highest BCUT2D eigenvalue weighted by molar-refractivity contribution is 5.93. The molecule has 2 aromatic heterocycles. The van der Waals surface area contributed by atoms with Crippen molar-refractivity contribution in [1.29, 1.82) is 0 Å². The maximum Gasteiger partial charge on any atom is 0.274 e. The zero-order valence-corrected chi connectivity index (χ0v) is 18.3. The summed E-state index contributed by atoms with van der Waals surface area (Å²) in [7, 11) is 1.71. The summed E-state index contributed by atoms with van der Waals surface area (Å²) in [6.45, 7) is 1.15. The second-order valence-electron chi connectivity index (χ2n) is 8.18. The monoisotopic (exact) mass is 443 g/mol. The predicted molar refractivity (Wildman–Crippen MR) is 122 cm³/mol. The molecular weight excluding hydrogens is 418 g/mol. The van der Waals surface area contributed by atoms with Crippen molar-refractivity contribution in [2.75, 3.05) is 13.7 Å². The number of hydroxylamine groups is 1. The van der Waals surface area contributed by atoms with Crippen LogP contribution in [0.4, 0.5) is 0 Å². The van der Waals surface area contributed by atoms with Crippen LogP contribution < -0.4 is 5.48 Å². The van der Waals surface area contributed by atoms with Gasteiger partial charge in [0.15, 0.2) is 0 Å². The lowest BCUT2D eigenvalue weighted by Gasteiger charge is -2.23. The summed E-state index contributed by atoms with van der Waals surface area (Å²) in [5.74, 6) is -0.361. The number of carbonyl (C=O) groups excluding carboxylic acids is 1. The molecule has 1 amide bonds. The maximum absolute atomic E-state index is 11.6. The number of benzene rings is 2. The molecule has 2 heterocycles. The summed E-state index contributed by atoms with van der Waals surface area (Å²) in [6, 6.07) is 17.6. The number of hydrogen-bond donors (Lipinski definition) is 3. The Morgan fingerprint density at radius 3 is 2.73 bits per heavy atom. The van der Waals surface area contributed by atoms with E-state index in [9.17, 15) is 4.79 Å². The maximum atomic E-state index is 11.6. The van der Waals surface area contributed by atoms with Crippen molar-refractivity contribution >= 4 is 5.91 Å². The van der Waals surface area contributed by atoms with Crippen molar-refractivity contribution in [1.82, 2.24) is 25.5 Å². The summed E-state index contributed by atoms with van der Waals surface area (Å²) in [4.78, 5) is 11.6. The van der Waals surface area contributed by atoms with E-state index in [4.69, 9.17) is 15.0 Å². The van der Waals surface area contributed by atoms with E-state index in [2.05, 4.69) is 34.5 Å². The molecule has 0 saturated heterocycles. The number of carbonyl (C=O) groups is 1. The fourth-order valence-corrected chi connectivity index (χ4v) is 4.62. The molecule has 1 atom stereocenters. The van der Waals surface area contributed by atoms with Crippen LogP contribution in [0.3, 0.4) is 0 Å². The van der Waals surface area contributed by atoms with Crippen LogP contribution in [0.2, 0.25) is 0 Å². The molecule has 0 fully saturated rings. The Bertz CT molecular complexity index is 1260. The topological polar surface area (TPSA) is 105 Å². The Balaban J connectivity index is 1.59. The smallest absolute Gasteiger partial charge is 0.274 e. The van der Waals surface area contributed by atoms with Gasteiger partial charge in [0.25, 0.3) is 5.91 Å². The molecule has 3 N–H and O–H groups in total. The fourth-order valence-electron chi connectivity index (χ4n) is 4.62. The molecule has 8 nitrogen and oxygen atoms in total. The fraction of sp³-hybridized carbons (Fsp3) is 0.240. The minimum absolute atomic E-state index is 0.172. The highest BCUT2D eigenvalue weighted by Gasteiger charge is 2.33. The Labute approximate surface area is 191 Å². The molecule has 4 aromatic rings. The Hall–Kier alpha value is -3.75. The van der Waals surface area contributed by atoms with Crippen molar-refractivity contribution in [3.63, 3.8) is 0 Å². The molecule has 0 saturated carbocycles. The van der Waals surface area contributed by atoms with Gasteiger partial charge in [-0.15, -0.1) is 0 Å². The molecule has 5 rings (SSSR count). The first-order chi connectivity index (χ1) is 16.2. The number of nitrogens with one attached hydrogen (secondary N) is 2. The summed E-state index contributed by atoms with van der Waals surface area (Å²) in [6.07, 6.45) is 3.43. The Morgan fingerprint density at radius 1 is 1.21 bits per heavy atom. The molecule has 168 valence electrons. The molecule has 0 radical (unpaired) electrons. The van der Waals surface area contributed by atoms with Gasteiger partial charge in [-0.1, -0.05) is 42.5 Å². The predicted octanol–water partition coefficient (Wildman–Crippen LogP) is 3.32. The molecule has 0 spiro atoms. The lowest BCUT2D eigenvalue weighted by Crippen LogP contribution is -2.18. The van der Waals surface area contributed by atoms with Crippen molar-refractivity contribution in [2.45, 2.75) is 25.3 Å². The van der Waals surface area contributed by atoms with Crippen LogP contribution in [-0.4, -0.2) is 44.8 Å². The molecule has 0 bridgehead atoms. The van der Waals surface area contributed by atoms with Crippen LogP contribution in [0.15, 0.2) is 60.8 Å². The average Bonchev–Trinajstić information content (AvgIpc) is 3.47. The first-order valence-electron chi connectivity index (χ1n) is 10.9. The van der Waals surface area contributed by atoms with Crippen molar-refractivity contribution in [3.05, 3.63) is 94.4 Å². The number of fused-ring (bicyclic) bond motifs is 3. The number of methoxy groups -OCH3 is 1. The van der Waals surface area contributed by atoms with Gasteiger partial charge in [-0.05, 0) is 23.3 Å². The van der Waals surface area contributed by atoms with Crippen LogP contribution in [0.25, 0.3) is 11.3 Å². The van der Waals surface area contributed by atoms with E-state index in [1.54, 1.807) is 24.7 Å². The average molecular weight is 444 g/mol. The second kappa shape index (κ2) is 9.01.